The van der Waals surface area contributed by atoms with Crippen molar-refractivity contribution in [2.24, 2.45) is 0 Å². The molecule has 0 atom stereocenters. The molecule has 1 N–H and O–H groups in total. The van der Waals surface area contributed by atoms with Crippen LogP contribution in [0.15, 0.2) is 18.2 Å². The molecule has 2 rings (SSSR count). The van der Waals surface area contributed by atoms with Crippen LogP contribution in [0.5, 0.6) is 5.75 Å². The number of benzene rings is 1. The molecule has 1 heterocycles. The molecular weight excluding hydrogens is 228 g/mol. The fourth-order valence-corrected chi connectivity index (χ4v) is 1.40. The topological polar surface area (TPSA) is 90.7 Å². The predicted octanol–water partition coefficient (Wildman–Crippen LogP) is 0.941. The summed E-state index contributed by atoms with van der Waals surface area (Å²) in [5, 5.41) is 13.1. The van der Waals surface area contributed by atoms with E-state index in [1.54, 1.807) is 6.07 Å². The number of nitro groups is 1. The van der Waals surface area contributed by atoms with Crippen molar-refractivity contribution in [1.82, 2.24) is 0 Å². The summed E-state index contributed by atoms with van der Waals surface area (Å²) in [5.41, 5.74) is -0.0583. The van der Waals surface area contributed by atoms with Crippen LogP contribution in [-0.2, 0) is 9.53 Å². The van der Waals surface area contributed by atoms with E-state index in [0.717, 1.165) is 0 Å². The van der Waals surface area contributed by atoms with Crippen LogP contribution in [0.2, 0.25) is 0 Å². The second-order valence-electron chi connectivity index (χ2n) is 3.48. The zero-order chi connectivity index (χ0) is 12.3. The number of carbonyl (C=O) groups excluding carboxylic acids is 1. The maximum absolute atomic E-state index is 10.8. The third-order valence-corrected chi connectivity index (χ3v) is 2.29. The number of rotatable bonds is 5. The van der Waals surface area contributed by atoms with Gasteiger partial charge in [0.15, 0.2) is 0 Å². The minimum atomic E-state index is -0.573. The fourth-order valence-electron chi connectivity index (χ4n) is 1.40. The van der Waals surface area contributed by atoms with Gasteiger partial charge in [-0.25, -0.2) is 0 Å². The molecule has 90 valence electrons. The van der Waals surface area contributed by atoms with Crippen LogP contribution in [0.25, 0.3) is 0 Å². The number of carbonyl (C=O) groups is 1. The summed E-state index contributed by atoms with van der Waals surface area (Å²) in [6.07, 6.45) is 0.335. The summed E-state index contributed by atoms with van der Waals surface area (Å²) in [7, 11) is 0. The number of ether oxygens (including phenoxy) is 2. The Morgan fingerprint density at radius 2 is 2.29 bits per heavy atom. The quantitative estimate of drug-likeness (QED) is 0.468. The fraction of sp³-hybridized carbons (Fsp3) is 0.300. The van der Waals surface area contributed by atoms with E-state index < -0.39 is 4.92 Å². The average Bonchev–Trinajstić information content (AvgIpc) is 2.25. The summed E-state index contributed by atoms with van der Waals surface area (Å²) in [6, 6.07) is 4.28. The molecule has 0 aliphatic carbocycles. The molecule has 7 nitrogen and oxygen atoms in total. The molecule has 0 aromatic heterocycles. The summed E-state index contributed by atoms with van der Waals surface area (Å²) in [4.78, 5) is 20.5. The lowest BCUT2D eigenvalue weighted by atomic mass is 10.2. The Hall–Kier alpha value is -2.15. The highest BCUT2D eigenvalue weighted by atomic mass is 16.6. The number of nitrogens with zero attached hydrogens (tertiary/aromatic N) is 1. The molecule has 1 aliphatic rings. The highest BCUT2D eigenvalue weighted by Gasteiger charge is 2.22. The van der Waals surface area contributed by atoms with E-state index in [-0.39, 0.29) is 17.5 Å². The molecule has 1 aliphatic heterocycles. The molecule has 0 unspecified atom stereocenters. The van der Waals surface area contributed by atoms with E-state index in [0.29, 0.717) is 25.4 Å². The Morgan fingerprint density at radius 1 is 1.53 bits per heavy atom. The molecule has 1 aromatic rings. The molecule has 1 amide bonds. The zero-order valence-electron chi connectivity index (χ0n) is 8.79. The molecule has 0 spiro atoms. The Kier molecular flexibility index (Phi) is 3.20. The number of hydrogen-bond acceptors (Lipinski definition) is 5. The first-order chi connectivity index (χ1) is 8.20. The van der Waals surface area contributed by atoms with Crippen molar-refractivity contribution in [3.8, 4) is 5.75 Å². The van der Waals surface area contributed by atoms with Gasteiger partial charge in [-0.1, -0.05) is 0 Å². The molecule has 0 saturated carbocycles. The largest absolute Gasteiger partial charge is 0.485 e. The number of nitrogens with one attached hydrogen (secondary N) is 1. The van der Waals surface area contributed by atoms with Gasteiger partial charge in [-0.05, 0) is 12.1 Å². The van der Waals surface area contributed by atoms with Gasteiger partial charge < -0.3 is 14.8 Å². The summed E-state index contributed by atoms with van der Waals surface area (Å²) in [5.74, 6) is 0.390. The highest BCUT2D eigenvalue weighted by molar-refractivity contribution is 5.78. The minimum absolute atomic E-state index is 0.0560. The van der Waals surface area contributed by atoms with E-state index in [1.807, 2.05) is 0 Å². The minimum Gasteiger partial charge on any atom is -0.485 e. The number of hydrogen-bond donors (Lipinski definition) is 1. The van der Waals surface area contributed by atoms with Gasteiger partial charge in [0, 0.05) is 0 Å². The van der Waals surface area contributed by atoms with Crippen molar-refractivity contribution in [3.63, 3.8) is 0 Å². The Labute approximate surface area is 96.5 Å². The maximum atomic E-state index is 10.8. The van der Waals surface area contributed by atoms with Crippen molar-refractivity contribution in [1.29, 1.82) is 0 Å². The first kappa shape index (κ1) is 11.3. The average molecular weight is 238 g/mol. The monoisotopic (exact) mass is 238 g/mol. The number of nitro benzene ring substituents is 1. The third kappa shape index (κ3) is 2.51. The lowest BCUT2D eigenvalue weighted by molar-refractivity contribution is -0.384. The number of amides is 1. The molecule has 7 heteroatoms. The van der Waals surface area contributed by atoms with Crippen LogP contribution in [0.4, 0.5) is 11.4 Å². The molecule has 1 aromatic carbocycles. The Bertz CT molecular complexity index is 444. The Balaban J connectivity index is 2.20. The normalized spacial score (nSPS) is 14.8. The molecule has 0 bridgehead atoms. The zero-order valence-corrected chi connectivity index (χ0v) is 8.79. The van der Waals surface area contributed by atoms with Crippen LogP contribution in [0, 0.1) is 10.1 Å². The lowest BCUT2D eigenvalue weighted by Gasteiger charge is -2.26. The second-order valence-corrected chi connectivity index (χ2v) is 3.48. The molecule has 0 radical (unpaired) electrons. The maximum Gasteiger partial charge on any atom is 0.296 e. The van der Waals surface area contributed by atoms with E-state index in [2.05, 4.69) is 5.32 Å². The van der Waals surface area contributed by atoms with E-state index in [4.69, 9.17) is 9.47 Å². The van der Waals surface area contributed by atoms with Gasteiger partial charge in [0.25, 0.3) is 5.69 Å². The van der Waals surface area contributed by atoms with Crippen molar-refractivity contribution in [2.45, 2.75) is 6.10 Å². The van der Waals surface area contributed by atoms with Gasteiger partial charge >= 0.3 is 0 Å². The van der Waals surface area contributed by atoms with E-state index in [1.165, 1.54) is 12.1 Å². The van der Waals surface area contributed by atoms with Crippen LogP contribution in [-0.4, -0.2) is 30.7 Å². The van der Waals surface area contributed by atoms with Gasteiger partial charge in [-0.2, -0.15) is 0 Å². The summed E-state index contributed by atoms with van der Waals surface area (Å²) in [6.45, 7) is 0.976. The van der Waals surface area contributed by atoms with Crippen LogP contribution >= 0.6 is 0 Å². The standard InChI is InChI=1S/C10H10N2O5/c13-6-11-9-2-1-7(3-10(9)12(14)15)17-8-4-16-5-8/h1-3,6,8H,4-5H2,(H,11,13). The van der Waals surface area contributed by atoms with Gasteiger partial charge in [0.2, 0.25) is 6.41 Å². The van der Waals surface area contributed by atoms with E-state index in [9.17, 15) is 14.9 Å². The van der Waals surface area contributed by atoms with Crippen LogP contribution < -0.4 is 10.1 Å². The van der Waals surface area contributed by atoms with Gasteiger partial charge in [-0.15, -0.1) is 0 Å². The summed E-state index contributed by atoms with van der Waals surface area (Å²) < 4.78 is 10.4. The third-order valence-electron chi connectivity index (χ3n) is 2.29. The van der Waals surface area contributed by atoms with Crippen molar-refractivity contribution < 1.29 is 19.2 Å². The second kappa shape index (κ2) is 4.79. The van der Waals surface area contributed by atoms with Gasteiger partial charge in [0.1, 0.15) is 17.5 Å². The Morgan fingerprint density at radius 3 is 2.82 bits per heavy atom. The van der Waals surface area contributed by atoms with Crippen molar-refractivity contribution in [3.05, 3.63) is 28.3 Å². The molecule has 1 fully saturated rings. The predicted molar refractivity (Wildman–Crippen MR) is 58.0 cm³/mol. The highest BCUT2D eigenvalue weighted by Crippen LogP contribution is 2.29. The lowest BCUT2D eigenvalue weighted by Crippen LogP contribution is -2.38. The van der Waals surface area contributed by atoms with Gasteiger partial charge in [0.05, 0.1) is 24.2 Å². The van der Waals surface area contributed by atoms with Crippen molar-refractivity contribution in [2.75, 3.05) is 18.5 Å². The molecule has 1 saturated heterocycles. The smallest absolute Gasteiger partial charge is 0.296 e. The van der Waals surface area contributed by atoms with Crippen LogP contribution in [0.3, 0.4) is 0 Å². The van der Waals surface area contributed by atoms with Gasteiger partial charge in [-0.3, -0.25) is 14.9 Å². The first-order valence-corrected chi connectivity index (χ1v) is 4.93. The number of anilines is 1. The van der Waals surface area contributed by atoms with E-state index >= 15 is 0 Å². The first-order valence-electron chi connectivity index (χ1n) is 4.93. The van der Waals surface area contributed by atoms with Crippen LogP contribution in [0.1, 0.15) is 0 Å². The molecular formula is C10H10N2O5. The summed E-state index contributed by atoms with van der Waals surface area (Å²) >= 11 is 0. The SMILES string of the molecule is O=CNc1ccc(OC2COC2)cc1[N+](=O)[O-]. The molecule has 17 heavy (non-hydrogen) atoms. The van der Waals surface area contributed by atoms with Crippen molar-refractivity contribution >= 4 is 17.8 Å².